The van der Waals surface area contributed by atoms with Crippen LogP contribution in [0.2, 0.25) is 0 Å². The molecule has 11 heavy (non-hydrogen) atoms. The number of anilines is 1. The first-order chi connectivity index (χ1) is 5.04. The van der Waals surface area contributed by atoms with Crippen molar-refractivity contribution in [2.45, 2.75) is 0 Å². The highest BCUT2D eigenvalue weighted by Gasteiger charge is 2.15. The Morgan fingerprint density at radius 2 is 2.09 bits per heavy atom. The molecule has 62 valence electrons. The van der Waals surface area contributed by atoms with Gasteiger partial charge in [0, 0.05) is 7.05 Å². The minimum atomic E-state index is 0.833. The molecule has 1 aromatic heterocycles. The Kier molecular flexibility index (Phi) is 2.15. The van der Waals surface area contributed by atoms with E-state index in [1.807, 2.05) is 13.2 Å². The maximum Gasteiger partial charge on any atom is 0.209 e. The molecule has 1 N–H and O–H groups in total. The fourth-order valence-corrected chi connectivity index (χ4v) is 1.48. The highest BCUT2D eigenvalue weighted by molar-refractivity contribution is 7.19. The van der Waals surface area contributed by atoms with E-state index in [1.165, 1.54) is 5.00 Å². The standard InChI is InChI=1S/C7H14N3S/c1-8-7-9-5-6(11-7)10(2,3)4/h5H,1-4H3,(H,8,9)/q+1. The second-order valence-corrected chi connectivity index (χ2v) is 4.28. The summed E-state index contributed by atoms with van der Waals surface area (Å²) in [6, 6.07) is 0. The van der Waals surface area contributed by atoms with Gasteiger partial charge in [0.2, 0.25) is 5.00 Å². The van der Waals surface area contributed by atoms with E-state index in [2.05, 4.69) is 31.4 Å². The third-order valence-electron chi connectivity index (χ3n) is 1.37. The summed E-state index contributed by atoms with van der Waals surface area (Å²) in [5, 5.41) is 5.26. The highest BCUT2D eigenvalue weighted by Crippen LogP contribution is 2.27. The number of hydrogen-bond acceptors (Lipinski definition) is 3. The predicted molar refractivity (Wildman–Crippen MR) is 51.2 cm³/mol. The summed E-state index contributed by atoms with van der Waals surface area (Å²) in [6.07, 6.45) is 1.91. The number of aromatic nitrogens is 1. The van der Waals surface area contributed by atoms with Gasteiger partial charge in [0.15, 0.2) is 5.13 Å². The lowest BCUT2D eigenvalue weighted by molar-refractivity contribution is 0.495. The Morgan fingerprint density at radius 3 is 2.36 bits per heavy atom. The minimum Gasteiger partial charge on any atom is -0.364 e. The zero-order chi connectivity index (χ0) is 8.48. The first kappa shape index (κ1) is 8.49. The molecule has 0 fully saturated rings. The summed E-state index contributed by atoms with van der Waals surface area (Å²) in [5.74, 6) is 0. The second kappa shape index (κ2) is 2.79. The van der Waals surface area contributed by atoms with Crippen LogP contribution in [0.4, 0.5) is 10.1 Å². The normalized spacial score (nSPS) is 11.6. The van der Waals surface area contributed by atoms with Crippen LogP contribution in [-0.4, -0.2) is 33.2 Å². The van der Waals surface area contributed by atoms with Crippen molar-refractivity contribution in [2.75, 3.05) is 33.5 Å². The lowest BCUT2D eigenvalue weighted by atomic mass is 10.6. The van der Waals surface area contributed by atoms with Crippen molar-refractivity contribution < 1.29 is 0 Å². The molecule has 0 bridgehead atoms. The molecule has 1 heterocycles. The van der Waals surface area contributed by atoms with E-state index in [0.29, 0.717) is 0 Å². The molecule has 0 saturated carbocycles. The molecule has 0 aliphatic rings. The summed E-state index contributed by atoms with van der Waals surface area (Å²) in [5.41, 5.74) is 0. The minimum absolute atomic E-state index is 0.833. The smallest absolute Gasteiger partial charge is 0.209 e. The van der Waals surface area contributed by atoms with E-state index >= 15 is 0 Å². The number of hydrogen-bond donors (Lipinski definition) is 1. The van der Waals surface area contributed by atoms with E-state index in [4.69, 9.17) is 0 Å². The van der Waals surface area contributed by atoms with Gasteiger partial charge >= 0.3 is 0 Å². The monoisotopic (exact) mass is 172 g/mol. The molecule has 0 spiro atoms. The van der Waals surface area contributed by atoms with Crippen LogP contribution < -0.4 is 9.80 Å². The van der Waals surface area contributed by atoms with Crippen LogP contribution in [-0.2, 0) is 0 Å². The van der Waals surface area contributed by atoms with Crippen LogP contribution in [0.1, 0.15) is 0 Å². The Morgan fingerprint density at radius 1 is 1.45 bits per heavy atom. The molecule has 4 heteroatoms. The van der Waals surface area contributed by atoms with Crippen molar-refractivity contribution >= 4 is 21.5 Å². The summed E-state index contributed by atoms with van der Waals surface area (Å²) < 4.78 is 0.833. The molecular weight excluding hydrogens is 158 g/mol. The van der Waals surface area contributed by atoms with Crippen LogP contribution in [0.25, 0.3) is 0 Å². The third kappa shape index (κ3) is 1.91. The van der Waals surface area contributed by atoms with Gasteiger partial charge in [-0.1, -0.05) is 0 Å². The zero-order valence-corrected chi connectivity index (χ0v) is 8.20. The highest BCUT2D eigenvalue weighted by atomic mass is 32.1. The molecule has 3 nitrogen and oxygen atoms in total. The molecule has 0 aliphatic carbocycles. The van der Waals surface area contributed by atoms with Gasteiger partial charge < -0.3 is 5.32 Å². The SMILES string of the molecule is CNc1ncc([N+](C)(C)C)s1. The first-order valence-corrected chi connectivity index (χ1v) is 4.31. The molecular formula is C7H14N3S+. The van der Waals surface area contributed by atoms with Gasteiger partial charge in [-0.25, -0.2) is 4.98 Å². The lowest BCUT2D eigenvalue weighted by Crippen LogP contribution is -2.33. The van der Waals surface area contributed by atoms with Gasteiger partial charge in [-0.05, 0) is 11.3 Å². The fourth-order valence-electron chi connectivity index (χ4n) is 0.691. The summed E-state index contributed by atoms with van der Waals surface area (Å²) in [7, 11) is 8.28. The largest absolute Gasteiger partial charge is 0.364 e. The molecule has 0 radical (unpaired) electrons. The van der Waals surface area contributed by atoms with Crippen molar-refractivity contribution in [3.8, 4) is 0 Å². The molecule has 0 amide bonds. The summed E-state index contributed by atoms with van der Waals surface area (Å²) in [6.45, 7) is 0. The quantitative estimate of drug-likeness (QED) is 0.682. The van der Waals surface area contributed by atoms with Crippen molar-refractivity contribution in [1.82, 2.24) is 9.47 Å². The predicted octanol–water partition coefficient (Wildman–Crippen LogP) is 1.38. The number of thiazole rings is 1. The average Bonchev–Trinajstić information content (AvgIpc) is 2.32. The molecule has 1 rings (SSSR count). The third-order valence-corrected chi connectivity index (χ3v) is 2.73. The maximum atomic E-state index is 4.19. The van der Waals surface area contributed by atoms with Gasteiger partial charge in [0.05, 0.1) is 21.1 Å². The Labute approximate surface area is 71.3 Å². The molecule has 0 aliphatic heterocycles. The number of nitrogens with zero attached hydrogens (tertiary/aromatic N) is 2. The number of nitrogens with one attached hydrogen (secondary N) is 1. The van der Waals surface area contributed by atoms with Gasteiger partial charge in [-0.15, -0.1) is 0 Å². The zero-order valence-electron chi connectivity index (χ0n) is 7.38. The van der Waals surface area contributed by atoms with E-state index in [0.717, 1.165) is 9.61 Å². The molecule has 0 saturated heterocycles. The molecule has 0 unspecified atom stereocenters. The summed E-state index contributed by atoms with van der Waals surface area (Å²) in [4.78, 5) is 4.19. The van der Waals surface area contributed by atoms with E-state index in [9.17, 15) is 0 Å². The molecule has 0 atom stereocenters. The molecule has 0 aromatic carbocycles. The van der Waals surface area contributed by atoms with E-state index in [-0.39, 0.29) is 0 Å². The number of rotatable bonds is 2. The average molecular weight is 172 g/mol. The second-order valence-electron chi connectivity index (χ2n) is 3.27. The van der Waals surface area contributed by atoms with Crippen LogP contribution in [0.3, 0.4) is 0 Å². The van der Waals surface area contributed by atoms with Gasteiger partial charge in [0.1, 0.15) is 6.20 Å². The summed E-state index contributed by atoms with van der Waals surface area (Å²) >= 11 is 1.69. The van der Waals surface area contributed by atoms with Crippen LogP contribution in [0.15, 0.2) is 6.20 Å². The topological polar surface area (TPSA) is 24.9 Å². The van der Waals surface area contributed by atoms with E-state index in [1.54, 1.807) is 11.3 Å². The van der Waals surface area contributed by atoms with E-state index < -0.39 is 0 Å². The Balaban J connectivity index is 2.89. The van der Waals surface area contributed by atoms with Gasteiger partial charge in [-0.2, -0.15) is 0 Å². The Bertz CT molecular complexity index is 236. The first-order valence-electron chi connectivity index (χ1n) is 3.49. The maximum absolute atomic E-state index is 4.19. The van der Waals surface area contributed by atoms with Gasteiger partial charge in [0.25, 0.3) is 0 Å². The lowest BCUT2D eigenvalue weighted by Gasteiger charge is -2.19. The van der Waals surface area contributed by atoms with Crippen molar-refractivity contribution in [2.24, 2.45) is 0 Å². The Hall–Kier alpha value is -0.610. The van der Waals surface area contributed by atoms with Crippen LogP contribution in [0, 0.1) is 0 Å². The number of quaternary nitrogens is 1. The van der Waals surface area contributed by atoms with Crippen LogP contribution >= 0.6 is 11.3 Å². The fraction of sp³-hybridized carbons (Fsp3) is 0.571. The van der Waals surface area contributed by atoms with Gasteiger partial charge in [-0.3, -0.25) is 4.48 Å². The van der Waals surface area contributed by atoms with Crippen molar-refractivity contribution in [3.63, 3.8) is 0 Å². The molecule has 1 aromatic rings. The van der Waals surface area contributed by atoms with Crippen molar-refractivity contribution in [3.05, 3.63) is 6.20 Å². The van der Waals surface area contributed by atoms with Crippen molar-refractivity contribution in [1.29, 1.82) is 0 Å². The van der Waals surface area contributed by atoms with Crippen LogP contribution in [0.5, 0.6) is 0 Å².